The van der Waals surface area contributed by atoms with Crippen molar-refractivity contribution in [2.45, 2.75) is 19.9 Å². The molecule has 0 atom stereocenters. The van der Waals surface area contributed by atoms with Crippen molar-refractivity contribution in [3.8, 4) is 0 Å². The highest BCUT2D eigenvalue weighted by molar-refractivity contribution is 5.91. The lowest BCUT2D eigenvalue weighted by molar-refractivity contribution is 0.624. The predicted octanol–water partition coefficient (Wildman–Crippen LogP) is 2.20. The molecule has 4 nitrogen and oxygen atoms in total. The third kappa shape index (κ3) is 2.20. The quantitative estimate of drug-likeness (QED) is 0.804. The van der Waals surface area contributed by atoms with E-state index in [0.717, 1.165) is 0 Å². The van der Waals surface area contributed by atoms with E-state index in [1.807, 2.05) is 13.8 Å². The van der Waals surface area contributed by atoms with E-state index in [1.54, 1.807) is 24.3 Å². The number of anilines is 1. The van der Waals surface area contributed by atoms with Gasteiger partial charge in [0.1, 0.15) is 11.1 Å². The lowest BCUT2D eigenvalue weighted by Gasteiger charge is -2.02. The summed E-state index contributed by atoms with van der Waals surface area (Å²) in [6.45, 7) is 3.85. The Kier molecular flexibility index (Phi) is 2.95. The van der Waals surface area contributed by atoms with Gasteiger partial charge in [-0.25, -0.2) is 0 Å². The average molecular weight is 230 g/mol. The summed E-state index contributed by atoms with van der Waals surface area (Å²) in [6, 6.07) is 7.13. The zero-order chi connectivity index (χ0) is 12.4. The molecule has 0 aliphatic heterocycles. The molecule has 2 aromatic rings. The van der Waals surface area contributed by atoms with Crippen molar-refractivity contribution in [2.75, 3.05) is 5.73 Å². The van der Waals surface area contributed by atoms with Crippen LogP contribution < -0.4 is 11.2 Å². The molecule has 0 saturated heterocycles. The second-order valence-electron chi connectivity index (χ2n) is 4.08. The van der Waals surface area contributed by atoms with E-state index in [1.165, 1.54) is 6.21 Å². The Labute approximate surface area is 98.8 Å². The maximum Gasteiger partial charge on any atom is 0.203 e. The van der Waals surface area contributed by atoms with E-state index in [4.69, 9.17) is 10.2 Å². The minimum atomic E-state index is -0.145. The minimum Gasteiger partial charge on any atom is -0.440 e. The standard InChI is InChI=1S/C13H14N2O2/c1-8(2)15-7-10-12(16)9-5-3-4-6-11(9)17-13(10)14/h3-8H,14H2,1-2H3. The van der Waals surface area contributed by atoms with E-state index in [2.05, 4.69) is 4.99 Å². The Balaban J connectivity index is 2.68. The largest absolute Gasteiger partial charge is 0.440 e. The topological polar surface area (TPSA) is 68.6 Å². The number of hydrogen-bond donors (Lipinski definition) is 1. The van der Waals surface area contributed by atoms with Gasteiger partial charge < -0.3 is 10.2 Å². The highest BCUT2D eigenvalue weighted by Crippen LogP contribution is 2.15. The Hall–Kier alpha value is -2.10. The van der Waals surface area contributed by atoms with Gasteiger partial charge in [0.2, 0.25) is 11.3 Å². The van der Waals surface area contributed by atoms with Crippen LogP contribution in [-0.4, -0.2) is 12.3 Å². The normalized spacial score (nSPS) is 11.7. The molecule has 0 fully saturated rings. The molecule has 0 saturated carbocycles. The molecule has 1 aromatic carbocycles. The smallest absolute Gasteiger partial charge is 0.203 e. The molecular formula is C13H14N2O2. The number of rotatable bonds is 2. The van der Waals surface area contributed by atoms with Gasteiger partial charge in [0.15, 0.2) is 0 Å². The Morgan fingerprint density at radius 2 is 2.06 bits per heavy atom. The molecule has 17 heavy (non-hydrogen) atoms. The van der Waals surface area contributed by atoms with Crippen LogP contribution in [0.15, 0.2) is 38.5 Å². The summed E-state index contributed by atoms with van der Waals surface area (Å²) in [7, 11) is 0. The van der Waals surface area contributed by atoms with E-state index in [9.17, 15) is 4.79 Å². The second-order valence-corrected chi connectivity index (χ2v) is 4.08. The van der Waals surface area contributed by atoms with Gasteiger partial charge in [-0.15, -0.1) is 0 Å². The molecule has 0 bridgehead atoms. The summed E-state index contributed by atoms with van der Waals surface area (Å²) < 4.78 is 5.39. The molecule has 0 unspecified atom stereocenters. The molecule has 0 aliphatic carbocycles. The van der Waals surface area contributed by atoms with Crippen molar-refractivity contribution in [3.05, 3.63) is 40.1 Å². The van der Waals surface area contributed by atoms with Crippen LogP contribution in [0.25, 0.3) is 11.0 Å². The number of hydrogen-bond acceptors (Lipinski definition) is 4. The number of nitrogens with two attached hydrogens (primary N) is 1. The summed E-state index contributed by atoms with van der Waals surface area (Å²) in [6.07, 6.45) is 1.48. The molecule has 0 radical (unpaired) electrons. The van der Waals surface area contributed by atoms with Crippen LogP contribution >= 0.6 is 0 Å². The lowest BCUT2D eigenvalue weighted by atomic mass is 10.1. The fourth-order valence-corrected chi connectivity index (χ4v) is 1.52. The van der Waals surface area contributed by atoms with Crippen LogP contribution in [0.4, 0.5) is 5.88 Å². The zero-order valence-electron chi connectivity index (χ0n) is 9.81. The number of fused-ring (bicyclic) bond motifs is 1. The second kappa shape index (κ2) is 4.41. The SMILES string of the molecule is CC(C)N=Cc1c(N)oc2ccccc2c1=O. The van der Waals surface area contributed by atoms with Crippen LogP contribution in [0, 0.1) is 0 Å². The summed E-state index contributed by atoms with van der Waals surface area (Å²) in [5, 5.41) is 0.520. The number of aliphatic imine (C=N–C) groups is 1. The highest BCUT2D eigenvalue weighted by Gasteiger charge is 2.09. The molecule has 1 heterocycles. The van der Waals surface area contributed by atoms with Gasteiger partial charge in [-0.2, -0.15) is 0 Å². The van der Waals surface area contributed by atoms with Crippen molar-refractivity contribution in [1.29, 1.82) is 0 Å². The molecule has 1 aromatic heterocycles. The van der Waals surface area contributed by atoms with Crippen molar-refractivity contribution in [2.24, 2.45) is 4.99 Å². The first-order valence-corrected chi connectivity index (χ1v) is 5.44. The maximum atomic E-state index is 12.1. The molecule has 0 amide bonds. The molecule has 4 heteroatoms. The monoisotopic (exact) mass is 230 g/mol. The third-order valence-electron chi connectivity index (χ3n) is 2.36. The first kappa shape index (κ1) is 11.4. The summed E-state index contributed by atoms with van der Waals surface area (Å²) in [5.41, 5.74) is 6.39. The van der Waals surface area contributed by atoms with Crippen molar-refractivity contribution in [3.63, 3.8) is 0 Å². The van der Waals surface area contributed by atoms with Gasteiger partial charge >= 0.3 is 0 Å². The summed E-state index contributed by atoms with van der Waals surface area (Å²) in [5.74, 6) is 0.109. The van der Waals surface area contributed by atoms with Crippen LogP contribution in [0.1, 0.15) is 19.4 Å². The van der Waals surface area contributed by atoms with Crippen LogP contribution in [-0.2, 0) is 0 Å². The molecule has 2 rings (SSSR count). The van der Waals surface area contributed by atoms with E-state index in [0.29, 0.717) is 16.5 Å². The average Bonchev–Trinajstić information content (AvgIpc) is 2.28. The lowest BCUT2D eigenvalue weighted by Crippen LogP contribution is -2.12. The van der Waals surface area contributed by atoms with Gasteiger partial charge in [0.05, 0.1) is 5.39 Å². The van der Waals surface area contributed by atoms with Crippen molar-refractivity contribution < 1.29 is 4.42 Å². The number of nitrogens with zero attached hydrogens (tertiary/aromatic N) is 1. The van der Waals surface area contributed by atoms with Gasteiger partial charge in [0.25, 0.3) is 0 Å². The Morgan fingerprint density at radius 1 is 1.35 bits per heavy atom. The summed E-state index contributed by atoms with van der Waals surface area (Å²) in [4.78, 5) is 16.3. The molecule has 0 aliphatic rings. The van der Waals surface area contributed by atoms with Gasteiger partial charge in [-0.05, 0) is 26.0 Å². The van der Waals surface area contributed by atoms with Crippen LogP contribution in [0.2, 0.25) is 0 Å². The van der Waals surface area contributed by atoms with E-state index in [-0.39, 0.29) is 17.4 Å². The van der Waals surface area contributed by atoms with E-state index < -0.39 is 0 Å². The third-order valence-corrected chi connectivity index (χ3v) is 2.36. The van der Waals surface area contributed by atoms with Gasteiger partial charge in [0, 0.05) is 12.3 Å². The number of para-hydroxylation sites is 1. The highest BCUT2D eigenvalue weighted by atomic mass is 16.3. The molecular weight excluding hydrogens is 216 g/mol. The number of benzene rings is 1. The van der Waals surface area contributed by atoms with Crippen LogP contribution in [0.3, 0.4) is 0 Å². The van der Waals surface area contributed by atoms with E-state index >= 15 is 0 Å². The van der Waals surface area contributed by atoms with Crippen LogP contribution in [0.5, 0.6) is 0 Å². The Bertz CT molecular complexity index is 627. The minimum absolute atomic E-state index is 0.109. The van der Waals surface area contributed by atoms with Gasteiger partial charge in [-0.1, -0.05) is 12.1 Å². The first-order chi connectivity index (χ1) is 8.09. The summed E-state index contributed by atoms with van der Waals surface area (Å²) >= 11 is 0. The zero-order valence-corrected chi connectivity index (χ0v) is 9.81. The molecule has 88 valence electrons. The molecule has 2 N–H and O–H groups in total. The fraction of sp³-hybridized carbons (Fsp3) is 0.231. The van der Waals surface area contributed by atoms with Gasteiger partial charge in [-0.3, -0.25) is 9.79 Å². The van der Waals surface area contributed by atoms with Crippen molar-refractivity contribution in [1.82, 2.24) is 0 Å². The molecule has 0 spiro atoms. The predicted molar refractivity (Wildman–Crippen MR) is 69.6 cm³/mol. The Morgan fingerprint density at radius 3 is 2.76 bits per heavy atom. The number of nitrogen functional groups attached to an aromatic ring is 1. The fourth-order valence-electron chi connectivity index (χ4n) is 1.52. The van der Waals surface area contributed by atoms with Crippen molar-refractivity contribution >= 4 is 23.1 Å². The first-order valence-electron chi connectivity index (χ1n) is 5.44. The maximum absolute atomic E-state index is 12.1.